The molecule has 6 nitrogen and oxygen atoms in total. The average Bonchev–Trinajstić information content (AvgIpc) is 2.76. The summed E-state index contributed by atoms with van der Waals surface area (Å²) in [7, 11) is 0. The molecule has 0 unspecified atom stereocenters. The summed E-state index contributed by atoms with van der Waals surface area (Å²) < 4.78 is 5.88. The maximum Gasteiger partial charge on any atom is 0.249 e. The molecule has 1 fully saturated rings. The predicted octanol–water partition coefficient (Wildman–Crippen LogP) is 3.52. The van der Waals surface area contributed by atoms with Crippen LogP contribution in [0.1, 0.15) is 34.1 Å². The molecule has 1 atom stereocenters. The van der Waals surface area contributed by atoms with Gasteiger partial charge in [-0.1, -0.05) is 41.9 Å². The maximum atomic E-state index is 12.8. The molecule has 30 heavy (non-hydrogen) atoms. The van der Waals surface area contributed by atoms with Gasteiger partial charge in [-0.25, -0.2) is 4.98 Å². The molecule has 0 spiro atoms. The van der Waals surface area contributed by atoms with Gasteiger partial charge in [-0.15, -0.1) is 0 Å². The standard InChI is InChI=1S/C23H22ClN3O3/c24-16-5-3-4-15(12-16)8-9-22(28)27-10-11-30-21(14-27)20-13-18(23(25)29)17-6-1-2-7-19(17)26-20/h1-7,12-13,21H,8-11,14H2,(H2,25,29)/t21-/m1/s1. The number of amides is 2. The van der Waals surface area contributed by atoms with E-state index in [1.165, 1.54) is 0 Å². The van der Waals surface area contributed by atoms with Crippen LogP contribution in [-0.4, -0.2) is 41.4 Å². The second-order valence-electron chi connectivity index (χ2n) is 7.31. The van der Waals surface area contributed by atoms with Gasteiger partial charge in [0, 0.05) is 23.4 Å². The molecular weight excluding hydrogens is 402 g/mol. The molecule has 154 valence electrons. The molecule has 1 aliphatic rings. The number of para-hydroxylation sites is 1. The van der Waals surface area contributed by atoms with E-state index in [0.717, 1.165) is 5.56 Å². The second kappa shape index (κ2) is 8.81. The molecule has 0 aliphatic carbocycles. The van der Waals surface area contributed by atoms with Crippen LogP contribution in [0.3, 0.4) is 0 Å². The van der Waals surface area contributed by atoms with Crippen molar-refractivity contribution < 1.29 is 14.3 Å². The number of primary amides is 1. The topological polar surface area (TPSA) is 85.5 Å². The molecule has 2 N–H and O–H groups in total. The van der Waals surface area contributed by atoms with Crippen molar-refractivity contribution in [1.82, 2.24) is 9.88 Å². The van der Waals surface area contributed by atoms with Crippen molar-refractivity contribution in [1.29, 1.82) is 0 Å². The number of nitrogens with two attached hydrogens (primary N) is 1. The summed E-state index contributed by atoms with van der Waals surface area (Å²) in [6, 6.07) is 16.6. The van der Waals surface area contributed by atoms with Gasteiger partial charge in [0.05, 0.1) is 29.9 Å². The first-order valence-electron chi connectivity index (χ1n) is 9.84. The lowest BCUT2D eigenvalue weighted by Crippen LogP contribution is -2.42. The van der Waals surface area contributed by atoms with Crippen molar-refractivity contribution >= 4 is 34.3 Å². The highest BCUT2D eigenvalue weighted by Gasteiger charge is 2.27. The van der Waals surface area contributed by atoms with Crippen LogP contribution in [0.4, 0.5) is 0 Å². The van der Waals surface area contributed by atoms with Gasteiger partial charge in [0.2, 0.25) is 11.8 Å². The molecule has 4 rings (SSSR count). The molecular formula is C23H22ClN3O3. The van der Waals surface area contributed by atoms with Crippen LogP contribution in [-0.2, 0) is 16.0 Å². The number of halogens is 1. The first-order chi connectivity index (χ1) is 14.5. The summed E-state index contributed by atoms with van der Waals surface area (Å²) in [6.07, 6.45) is 0.614. The molecule has 7 heteroatoms. The monoisotopic (exact) mass is 423 g/mol. The van der Waals surface area contributed by atoms with Crippen LogP contribution in [0.2, 0.25) is 5.02 Å². The smallest absolute Gasteiger partial charge is 0.249 e. The second-order valence-corrected chi connectivity index (χ2v) is 7.74. The number of aryl methyl sites for hydroxylation is 1. The highest BCUT2D eigenvalue weighted by atomic mass is 35.5. The van der Waals surface area contributed by atoms with Gasteiger partial charge in [0.25, 0.3) is 0 Å². The minimum Gasteiger partial charge on any atom is -0.368 e. The number of fused-ring (bicyclic) bond motifs is 1. The Morgan fingerprint density at radius 1 is 1.17 bits per heavy atom. The minimum atomic E-state index is -0.514. The van der Waals surface area contributed by atoms with E-state index >= 15 is 0 Å². The van der Waals surface area contributed by atoms with Crippen LogP contribution in [0.5, 0.6) is 0 Å². The van der Waals surface area contributed by atoms with E-state index < -0.39 is 12.0 Å². The Morgan fingerprint density at radius 3 is 2.80 bits per heavy atom. The third-order valence-electron chi connectivity index (χ3n) is 5.27. The fraction of sp³-hybridized carbons (Fsp3) is 0.261. The van der Waals surface area contributed by atoms with Crippen LogP contribution in [0.25, 0.3) is 10.9 Å². The summed E-state index contributed by atoms with van der Waals surface area (Å²) in [4.78, 5) is 31.2. The Kier molecular flexibility index (Phi) is 5.97. The highest BCUT2D eigenvalue weighted by molar-refractivity contribution is 6.30. The molecule has 0 bridgehead atoms. The van der Waals surface area contributed by atoms with Crippen LogP contribution < -0.4 is 5.73 Å². The Hall–Kier alpha value is -2.96. The lowest BCUT2D eigenvalue weighted by Gasteiger charge is -2.33. The number of hydrogen-bond donors (Lipinski definition) is 1. The molecule has 2 aromatic carbocycles. The van der Waals surface area contributed by atoms with Crippen LogP contribution in [0, 0.1) is 0 Å². The Bertz CT molecular complexity index is 1100. The Balaban J connectivity index is 1.49. The number of carbonyl (C=O) groups excluding carboxylic acids is 2. The maximum absolute atomic E-state index is 12.8. The fourth-order valence-electron chi connectivity index (χ4n) is 3.72. The zero-order valence-corrected chi connectivity index (χ0v) is 17.1. The van der Waals surface area contributed by atoms with Gasteiger partial charge in [0.1, 0.15) is 6.10 Å². The van der Waals surface area contributed by atoms with E-state index in [2.05, 4.69) is 4.98 Å². The van der Waals surface area contributed by atoms with E-state index in [4.69, 9.17) is 22.1 Å². The molecule has 1 saturated heterocycles. The quantitative estimate of drug-likeness (QED) is 0.680. The number of ether oxygens (including phenoxy) is 1. The molecule has 0 saturated carbocycles. The molecule has 1 aromatic heterocycles. The predicted molar refractivity (Wildman–Crippen MR) is 115 cm³/mol. The van der Waals surface area contributed by atoms with Gasteiger partial charge < -0.3 is 15.4 Å². The lowest BCUT2D eigenvalue weighted by molar-refractivity contribution is -0.139. The van der Waals surface area contributed by atoms with Gasteiger partial charge in [0.15, 0.2) is 0 Å². The molecule has 0 radical (unpaired) electrons. The highest BCUT2D eigenvalue weighted by Crippen LogP contribution is 2.26. The summed E-state index contributed by atoms with van der Waals surface area (Å²) >= 11 is 6.02. The molecule has 2 amide bonds. The normalized spacial score (nSPS) is 16.6. The number of nitrogens with zero attached hydrogens (tertiary/aromatic N) is 2. The van der Waals surface area contributed by atoms with Gasteiger partial charge >= 0.3 is 0 Å². The number of carbonyl (C=O) groups is 2. The minimum absolute atomic E-state index is 0.0548. The Labute approximate surface area is 179 Å². The van der Waals surface area contributed by atoms with Crippen molar-refractivity contribution in [3.8, 4) is 0 Å². The van der Waals surface area contributed by atoms with Gasteiger partial charge in [-0.05, 0) is 36.2 Å². The Morgan fingerprint density at radius 2 is 2.00 bits per heavy atom. The van der Waals surface area contributed by atoms with E-state index in [9.17, 15) is 9.59 Å². The van der Waals surface area contributed by atoms with Crippen molar-refractivity contribution in [3.63, 3.8) is 0 Å². The summed E-state index contributed by atoms with van der Waals surface area (Å²) in [5, 5.41) is 1.37. The number of hydrogen-bond acceptors (Lipinski definition) is 4. The third kappa shape index (κ3) is 4.45. The first kappa shape index (κ1) is 20.3. The zero-order chi connectivity index (χ0) is 21.1. The van der Waals surface area contributed by atoms with Crippen molar-refractivity contribution in [3.05, 3.63) is 76.4 Å². The number of rotatable bonds is 5. The SMILES string of the molecule is NC(=O)c1cc([C@H]2CN(C(=O)CCc3cccc(Cl)c3)CCO2)nc2ccccc12. The van der Waals surface area contributed by atoms with Crippen LogP contribution >= 0.6 is 11.6 Å². The van der Waals surface area contributed by atoms with E-state index in [-0.39, 0.29) is 5.91 Å². The number of morpholine rings is 1. The molecule has 3 aromatic rings. The third-order valence-corrected chi connectivity index (χ3v) is 5.50. The fourth-order valence-corrected chi connectivity index (χ4v) is 3.93. The van der Waals surface area contributed by atoms with E-state index in [0.29, 0.717) is 59.7 Å². The summed E-state index contributed by atoms with van der Waals surface area (Å²) in [6.45, 7) is 1.33. The first-order valence-corrected chi connectivity index (χ1v) is 10.2. The largest absolute Gasteiger partial charge is 0.368 e. The van der Waals surface area contributed by atoms with Crippen molar-refractivity contribution in [2.45, 2.75) is 18.9 Å². The van der Waals surface area contributed by atoms with Gasteiger partial charge in [-0.3, -0.25) is 9.59 Å². The zero-order valence-electron chi connectivity index (χ0n) is 16.4. The molecule has 2 heterocycles. The molecule has 1 aliphatic heterocycles. The van der Waals surface area contributed by atoms with E-state index in [1.54, 1.807) is 11.0 Å². The van der Waals surface area contributed by atoms with Crippen molar-refractivity contribution in [2.24, 2.45) is 5.73 Å². The number of benzene rings is 2. The van der Waals surface area contributed by atoms with Gasteiger partial charge in [-0.2, -0.15) is 0 Å². The van der Waals surface area contributed by atoms with Crippen LogP contribution in [0.15, 0.2) is 54.6 Å². The van der Waals surface area contributed by atoms with E-state index in [1.807, 2.05) is 48.5 Å². The van der Waals surface area contributed by atoms with Crippen molar-refractivity contribution in [2.75, 3.05) is 19.7 Å². The summed E-state index contributed by atoms with van der Waals surface area (Å²) in [5.74, 6) is -0.459. The average molecular weight is 424 g/mol. The number of aromatic nitrogens is 1. The lowest BCUT2D eigenvalue weighted by atomic mass is 10.0. The summed E-state index contributed by atoms with van der Waals surface area (Å²) in [5.41, 5.74) is 8.30. The number of pyridine rings is 1.